The van der Waals surface area contributed by atoms with Crippen molar-refractivity contribution in [2.24, 2.45) is 0 Å². The minimum Gasteiger partial charge on any atom is -0.486 e. The Morgan fingerprint density at radius 1 is 1.35 bits per heavy atom. The van der Waals surface area contributed by atoms with E-state index in [1.54, 1.807) is 6.19 Å². The van der Waals surface area contributed by atoms with Crippen LogP contribution in [0, 0.1) is 11.5 Å². The molecule has 0 amide bonds. The Balaban J connectivity index is 2.85. The van der Waals surface area contributed by atoms with Crippen LogP contribution in [0.25, 0.3) is 0 Å². The molecule has 0 bridgehead atoms. The molecule has 0 unspecified atom stereocenters. The molecule has 0 saturated carbocycles. The average Bonchev–Trinajstić information content (AvgIpc) is 2.19. The van der Waals surface area contributed by atoms with Gasteiger partial charge in [-0.3, -0.25) is 5.32 Å². The fraction of sp³-hybridized carbons (Fsp3) is 0.333. The van der Waals surface area contributed by atoms with Gasteiger partial charge in [0.2, 0.25) is 0 Å². The van der Waals surface area contributed by atoms with Gasteiger partial charge in [-0.2, -0.15) is 5.26 Å². The molecule has 5 heteroatoms. The van der Waals surface area contributed by atoms with Crippen LogP contribution in [0.3, 0.4) is 0 Å². The Morgan fingerprint density at radius 2 is 2.00 bits per heavy atom. The molecule has 17 heavy (non-hydrogen) atoms. The van der Waals surface area contributed by atoms with Crippen LogP contribution in [0.4, 0.5) is 5.69 Å². The number of para-hydroxylation sites is 2. The largest absolute Gasteiger partial charge is 0.486 e. The Labute approximate surface area is 107 Å². The highest BCUT2D eigenvalue weighted by Crippen LogP contribution is 2.27. The number of thiocarbonyl (C=S) groups is 1. The number of hydrogen-bond donors (Lipinski definition) is 2. The van der Waals surface area contributed by atoms with E-state index in [4.69, 9.17) is 22.2 Å². The normalized spacial score (nSPS) is 10.2. The Hall–Kier alpha value is -1.80. The van der Waals surface area contributed by atoms with Gasteiger partial charge in [0.1, 0.15) is 11.4 Å². The van der Waals surface area contributed by atoms with Gasteiger partial charge in [0.05, 0.1) is 5.69 Å². The van der Waals surface area contributed by atoms with E-state index in [2.05, 4.69) is 10.6 Å². The number of nitriles is 1. The van der Waals surface area contributed by atoms with E-state index in [-0.39, 0.29) is 10.7 Å². The molecule has 0 spiro atoms. The minimum atomic E-state index is -0.290. The molecule has 1 aromatic carbocycles. The van der Waals surface area contributed by atoms with Crippen LogP contribution in [0.5, 0.6) is 5.75 Å². The van der Waals surface area contributed by atoms with E-state index in [0.29, 0.717) is 5.75 Å². The van der Waals surface area contributed by atoms with E-state index >= 15 is 0 Å². The summed E-state index contributed by atoms with van der Waals surface area (Å²) in [6.07, 6.45) is 1.76. The van der Waals surface area contributed by atoms with E-state index < -0.39 is 0 Å². The molecule has 4 nitrogen and oxygen atoms in total. The highest BCUT2D eigenvalue weighted by atomic mass is 32.1. The number of hydrogen-bond acceptors (Lipinski definition) is 3. The average molecular weight is 249 g/mol. The number of benzene rings is 1. The lowest BCUT2D eigenvalue weighted by Gasteiger charge is -2.23. The molecule has 0 aliphatic heterocycles. The summed E-state index contributed by atoms with van der Waals surface area (Å²) in [7, 11) is 0. The second kappa shape index (κ2) is 5.51. The van der Waals surface area contributed by atoms with Crippen LogP contribution in [0.15, 0.2) is 24.3 Å². The zero-order valence-corrected chi connectivity index (χ0v) is 10.9. The van der Waals surface area contributed by atoms with Crippen molar-refractivity contribution >= 4 is 23.0 Å². The standard InChI is InChI=1S/C12H15N3OS/c1-12(2,3)16-10-7-5-4-6-9(10)15-11(17)14-8-13/h4-7H,1-3H3,(H2,14,15,17). The van der Waals surface area contributed by atoms with Crippen molar-refractivity contribution in [1.29, 1.82) is 5.26 Å². The summed E-state index contributed by atoms with van der Waals surface area (Å²) in [6, 6.07) is 7.44. The van der Waals surface area contributed by atoms with E-state index in [1.165, 1.54) is 0 Å². The number of rotatable bonds is 2. The van der Waals surface area contributed by atoms with Gasteiger partial charge in [0, 0.05) is 0 Å². The first kappa shape index (κ1) is 13.3. The van der Waals surface area contributed by atoms with Gasteiger partial charge < -0.3 is 10.1 Å². The summed E-state index contributed by atoms with van der Waals surface area (Å²) >= 11 is 4.94. The van der Waals surface area contributed by atoms with Gasteiger partial charge in [-0.25, -0.2) is 0 Å². The Morgan fingerprint density at radius 3 is 2.59 bits per heavy atom. The third kappa shape index (κ3) is 4.70. The summed E-state index contributed by atoms with van der Waals surface area (Å²) in [4.78, 5) is 0. The molecule has 1 aromatic rings. The lowest BCUT2D eigenvalue weighted by atomic mass is 10.2. The molecule has 0 aliphatic carbocycles. The lowest BCUT2D eigenvalue weighted by Crippen LogP contribution is -2.26. The molecule has 0 aromatic heterocycles. The van der Waals surface area contributed by atoms with Crippen LogP contribution in [0.2, 0.25) is 0 Å². The van der Waals surface area contributed by atoms with Crippen LogP contribution in [0.1, 0.15) is 20.8 Å². The van der Waals surface area contributed by atoms with Crippen molar-refractivity contribution in [3.8, 4) is 11.9 Å². The fourth-order valence-corrected chi connectivity index (χ4v) is 1.35. The van der Waals surface area contributed by atoms with Gasteiger partial charge in [-0.15, -0.1) is 0 Å². The zero-order chi connectivity index (χ0) is 12.9. The third-order valence-corrected chi connectivity index (χ3v) is 1.92. The summed E-state index contributed by atoms with van der Waals surface area (Å²) in [5.74, 6) is 0.696. The molecular formula is C12H15N3OS. The molecule has 0 saturated heterocycles. The summed E-state index contributed by atoms with van der Waals surface area (Å²) in [5, 5.41) is 14.0. The molecule has 2 N–H and O–H groups in total. The smallest absolute Gasteiger partial charge is 0.184 e. The van der Waals surface area contributed by atoms with Gasteiger partial charge in [0.15, 0.2) is 11.3 Å². The molecule has 90 valence electrons. The van der Waals surface area contributed by atoms with Crippen molar-refractivity contribution in [3.05, 3.63) is 24.3 Å². The zero-order valence-electron chi connectivity index (χ0n) is 10.1. The second-order valence-electron chi connectivity index (χ2n) is 4.40. The van der Waals surface area contributed by atoms with Crippen molar-refractivity contribution in [2.75, 3.05) is 5.32 Å². The quantitative estimate of drug-likeness (QED) is 0.479. The molecule has 0 aliphatic rings. The van der Waals surface area contributed by atoms with Gasteiger partial charge in [0.25, 0.3) is 0 Å². The number of nitrogens with zero attached hydrogens (tertiary/aromatic N) is 1. The van der Waals surface area contributed by atoms with Crippen LogP contribution >= 0.6 is 12.2 Å². The van der Waals surface area contributed by atoms with Gasteiger partial charge >= 0.3 is 0 Å². The number of ether oxygens (including phenoxy) is 1. The highest BCUT2D eigenvalue weighted by molar-refractivity contribution is 7.80. The Kier molecular flexibility index (Phi) is 4.30. The maximum atomic E-state index is 8.45. The van der Waals surface area contributed by atoms with E-state index in [9.17, 15) is 0 Å². The van der Waals surface area contributed by atoms with Crippen LogP contribution in [-0.4, -0.2) is 10.7 Å². The second-order valence-corrected chi connectivity index (χ2v) is 4.81. The molecule has 0 fully saturated rings. The molecule has 0 heterocycles. The summed E-state index contributed by atoms with van der Waals surface area (Å²) in [6.45, 7) is 5.90. The van der Waals surface area contributed by atoms with E-state index in [0.717, 1.165) is 5.69 Å². The van der Waals surface area contributed by atoms with Crippen LogP contribution in [-0.2, 0) is 0 Å². The first-order valence-corrected chi connectivity index (χ1v) is 5.57. The van der Waals surface area contributed by atoms with Crippen molar-refractivity contribution in [3.63, 3.8) is 0 Å². The molecule has 1 rings (SSSR count). The topological polar surface area (TPSA) is 57.1 Å². The molecule has 0 atom stereocenters. The number of anilines is 1. The highest BCUT2D eigenvalue weighted by Gasteiger charge is 2.14. The van der Waals surface area contributed by atoms with Crippen molar-refractivity contribution < 1.29 is 4.74 Å². The molecular weight excluding hydrogens is 234 g/mol. The maximum Gasteiger partial charge on any atom is 0.184 e. The van der Waals surface area contributed by atoms with Gasteiger partial charge in [-0.1, -0.05) is 12.1 Å². The lowest BCUT2D eigenvalue weighted by molar-refractivity contribution is 0.132. The Bertz CT molecular complexity index is 446. The fourth-order valence-electron chi connectivity index (χ4n) is 1.19. The first-order chi connectivity index (χ1) is 7.92. The van der Waals surface area contributed by atoms with Gasteiger partial charge in [-0.05, 0) is 45.1 Å². The van der Waals surface area contributed by atoms with E-state index in [1.807, 2.05) is 45.0 Å². The third-order valence-electron chi connectivity index (χ3n) is 1.72. The minimum absolute atomic E-state index is 0.248. The predicted molar refractivity (Wildman–Crippen MR) is 71.8 cm³/mol. The van der Waals surface area contributed by atoms with Crippen LogP contribution < -0.4 is 15.4 Å². The SMILES string of the molecule is CC(C)(C)Oc1ccccc1NC(=S)NC#N. The number of nitrogens with one attached hydrogen (secondary N) is 2. The summed E-state index contributed by atoms with van der Waals surface area (Å²) < 4.78 is 5.78. The van der Waals surface area contributed by atoms with Crippen molar-refractivity contribution in [1.82, 2.24) is 5.32 Å². The summed E-state index contributed by atoms with van der Waals surface area (Å²) in [5.41, 5.74) is 0.442. The monoisotopic (exact) mass is 249 g/mol. The molecule has 0 radical (unpaired) electrons. The maximum absolute atomic E-state index is 8.45. The van der Waals surface area contributed by atoms with Crippen molar-refractivity contribution in [2.45, 2.75) is 26.4 Å². The predicted octanol–water partition coefficient (Wildman–Crippen LogP) is 2.63. The first-order valence-electron chi connectivity index (χ1n) is 5.16.